The molecule has 0 spiro atoms. The number of hydrogen-bond acceptors (Lipinski definition) is 4. The van der Waals surface area contributed by atoms with Crippen molar-refractivity contribution in [2.24, 2.45) is 0 Å². The SMILES string of the molecule is Cc1cc(C)cc(-n2nc(C(=O)N3CCCC3)c(=O)n(Cc3ccccc3)c2=O)c1. The summed E-state index contributed by atoms with van der Waals surface area (Å²) in [5.74, 6) is -0.419. The molecule has 30 heavy (non-hydrogen) atoms. The third-order valence-corrected chi connectivity index (χ3v) is 5.29. The predicted molar refractivity (Wildman–Crippen MR) is 114 cm³/mol. The van der Waals surface area contributed by atoms with Gasteiger partial charge in [-0.2, -0.15) is 9.78 Å². The molecule has 0 saturated carbocycles. The summed E-state index contributed by atoms with van der Waals surface area (Å²) in [6.45, 7) is 5.13. The van der Waals surface area contributed by atoms with Gasteiger partial charge in [-0.3, -0.25) is 14.2 Å². The zero-order chi connectivity index (χ0) is 21.3. The van der Waals surface area contributed by atoms with Gasteiger partial charge in [0.05, 0.1) is 12.2 Å². The fourth-order valence-electron chi connectivity index (χ4n) is 3.87. The lowest BCUT2D eigenvalue weighted by atomic mass is 10.1. The first-order chi connectivity index (χ1) is 14.4. The largest absolute Gasteiger partial charge is 0.352 e. The van der Waals surface area contributed by atoms with E-state index in [0.29, 0.717) is 18.8 Å². The van der Waals surface area contributed by atoms with E-state index in [1.807, 2.05) is 62.4 Å². The van der Waals surface area contributed by atoms with Gasteiger partial charge in [0.25, 0.3) is 11.5 Å². The van der Waals surface area contributed by atoms with Crippen LogP contribution in [-0.4, -0.2) is 38.2 Å². The molecule has 1 aliphatic rings. The molecule has 0 N–H and O–H groups in total. The van der Waals surface area contributed by atoms with Gasteiger partial charge in [-0.05, 0) is 55.5 Å². The van der Waals surface area contributed by atoms with Crippen LogP contribution < -0.4 is 11.2 Å². The Kier molecular flexibility index (Phi) is 5.35. The summed E-state index contributed by atoms with van der Waals surface area (Å²) in [5.41, 5.74) is 1.84. The molecule has 1 aliphatic heterocycles. The van der Waals surface area contributed by atoms with E-state index in [2.05, 4.69) is 5.10 Å². The molecule has 0 bridgehead atoms. The Labute approximate surface area is 174 Å². The highest BCUT2D eigenvalue weighted by atomic mass is 16.2. The van der Waals surface area contributed by atoms with Crippen molar-refractivity contribution in [3.8, 4) is 5.69 Å². The molecule has 0 radical (unpaired) electrons. The number of hydrogen-bond donors (Lipinski definition) is 0. The Morgan fingerprint density at radius 3 is 2.23 bits per heavy atom. The van der Waals surface area contributed by atoms with Crippen molar-refractivity contribution < 1.29 is 4.79 Å². The molecule has 0 unspecified atom stereocenters. The first-order valence-corrected chi connectivity index (χ1v) is 10.1. The van der Waals surface area contributed by atoms with Crippen molar-refractivity contribution in [2.45, 2.75) is 33.2 Å². The van der Waals surface area contributed by atoms with E-state index < -0.39 is 17.2 Å². The Morgan fingerprint density at radius 2 is 1.60 bits per heavy atom. The van der Waals surface area contributed by atoms with Crippen LogP contribution in [-0.2, 0) is 6.54 Å². The van der Waals surface area contributed by atoms with Gasteiger partial charge in [-0.15, -0.1) is 0 Å². The topological polar surface area (TPSA) is 77.2 Å². The fraction of sp³-hybridized carbons (Fsp3) is 0.304. The van der Waals surface area contributed by atoms with Crippen LogP contribution in [0.25, 0.3) is 5.69 Å². The van der Waals surface area contributed by atoms with Crippen LogP contribution in [0.2, 0.25) is 0 Å². The van der Waals surface area contributed by atoms with E-state index in [-0.39, 0.29) is 12.2 Å². The number of benzene rings is 2. The molecular weight excluding hydrogens is 380 g/mol. The van der Waals surface area contributed by atoms with Crippen molar-refractivity contribution in [2.75, 3.05) is 13.1 Å². The second-order valence-electron chi connectivity index (χ2n) is 7.77. The maximum Gasteiger partial charge on any atom is 0.352 e. The molecule has 1 saturated heterocycles. The summed E-state index contributed by atoms with van der Waals surface area (Å²) < 4.78 is 2.27. The summed E-state index contributed by atoms with van der Waals surface area (Å²) in [6, 6.07) is 14.9. The van der Waals surface area contributed by atoms with E-state index in [9.17, 15) is 14.4 Å². The summed E-state index contributed by atoms with van der Waals surface area (Å²) in [7, 11) is 0. The zero-order valence-corrected chi connectivity index (χ0v) is 17.2. The number of nitrogens with zero attached hydrogens (tertiary/aromatic N) is 4. The Bertz CT molecular complexity index is 1190. The second-order valence-corrected chi connectivity index (χ2v) is 7.77. The first-order valence-electron chi connectivity index (χ1n) is 10.1. The molecule has 1 fully saturated rings. The van der Waals surface area contributed by atoms with Crippen LogP contribution in [0.4, 0.5) is 0 Å². The van der Waals surface area contributed by atoms with Gasteiger partial charge >= 0.3 is 5.69 Å². The minimum atomic E-state index is -0.652. The van der Waals surface area contributed by atoms with Crippen molar-refractivity contribution in [3.05, 3.63) is 91.8 Å². The van der Waals surface area contributed by atoms with Crippen molar-refractivity contribution >= 4 is 5.91 Å². The average molecular weight is 404 g/mol. The summed E-state index contributed by atoms with van der Waals surface area (Å²) in [4.78, 5) is 41.1. The quantitative estimate of drug-likeness (QED) is 0.669. The Morgan fingerprint density at radius 1 is 0.967 bits per heavy atom. The fourth-order valence-corrected chi connectivity index (χ4v) is 3.87. The molecule has 2 aromatic carbocycles. The second kappa shape index (κ2) is 8.10. The maximum absolute atomic E-state index is 13.3. The minimum absolute atomic E-state index is 0.0755. The van der Waals surface area contributed by atoms with Gasteiger partial charge in [0.2, 0.25) is 5.69 Å². The van der Waals surface area contributed by atoms with Crippen LogP contribution >= 0.6 is 0 Å². The van der Waals surface area contributed by atoms with Gasteiger partial charge in [-0.1, -0.05) is 36.4 Å². The number of likely N-dealkylation sites (tertiary alicyclic amines) is 1. The number of carbonyl (C=O) groups is 1. The first kappa shape index (κ1) is 19.8. The number of rotatable bonds is 4. The molecule has 7 nitrogen and oxygen atoms in total. The highest BCUT2D eigenvalue weighted by Crippen LogP contribution is 2.13. The third kappa shape index (κ3) is 3.83. The molecule has 4 rings (SSSR count). The molecule has 2 heterocycles. The summed E-state index contributed by atoms with van der Waals surface area (Å²) >= 11 is 0. The van der Waals surface area contributed by atoms with Crippen LogP contribution in [0.1, 0.15) is 40.0 Å². The van der Waals surface area contributed by atoms with Crippen molar-refractivity contribution in [1.82, 2.24) is 19.2 Å². The van der Waals surface area contributed by atoms with Crippen molar-refractivity contribution in [1.29, 1.82) is 0 Å². The van der Waals surface area contributed by atoms with Gasteiger partial charge < -0.3 is 4.90 Å². The number of aryl methyl sites for hydroxylation is 2. The van der Waals surface area contributed by atoms with Gasteiger partial charge in [0.15, 0.2) is 0 Å². The van der Waals surface area contributed by atoms with E-state index in [4.69, 9.17) is 0 Å². The number of carbonyl (C=O) groups excluding carboxylic acids is 1. The monoisotopic (exact) mass is 404 g/mol. The Balaban J connectivity index is 1.92. The van der Waals surface area contributed by atoms with Crippen LogP contribution in [0.5, 0.6) is 0 Å². The molecule has 3 aromatic rings. The van der Waals surface area contributed by atoms with E-state index >= 15 is 0 Å². The normalized spacial score (nSPS) is 13.6. The number of aromatic nitrogens is 3. The summed E-state index contributed by atoms with van der Waals surface area (Å²) in [5, 5.41) is 4.25. The standard InChI is InChI=1S/C23H24N4O3/c1-16-12-17(2)14-19(13-16)27-23(30)26(15-18-8-4-3-5-9-18)22(29)20(24-27)21(28)25-10-6-7-11-25/h3-5,8-9,12-14H,6-7,10-11,15H2,1-2H3. The third-order valence-electron chi connectivity index (χ3n) is 5.29. The highest BCUT2D eigenvalue weighted by molar-refractivity contribution is 5.92. The van der Waals surface area contributed by atoms with Crippen LogP contribution in [0, 0.1) is 13.8 Å². The zero-order valence-electron chi connectivity index (χ0n) is 17.2. The van der Waals surface area contributed by atoms with Crippen molar-refractivity contribution in [3.63, 3.8) is 0 Å². The Hall–Kier alpha value is -3.48. The molecule has 1 aromatic heterocycles. The number of amides is 1. The van der Waals surface area contributed by atoms with Gasteiger partial charge in [0, 0.05) is 13.1 Å². The van der Waals surface area contributed by atoms with E-state index in [1.165, 1.54) is 4.68 Å². The van der Waals surface area contributed by atoms with Gasteiger partial charge in [0.1, 0.15) is 0 Å². The molecule has 7 heteroatoms. The smallest absolute Gasteiger partial charge is 0.337 e. The molecule has 154 valence electrons. The minimum Gasteiger partial charge on any atom is -0.337 e. The molecule has 1 amide bonds. The molecule has 0 aliphatic carbocycles. The highest BCUT2D eigenvalue weighted by Gasteiger charge is 2.26. The lowest BCUT2D eigenvalue weighted by Crippen LogP contribution is -2.46. The lowest BCUT2D eigenvalue weighted by molar-refractivity contribution is 0.0781. The molecular formula is C23H24N4O3. The lowest BCUT2D eigenvalue weighted by Gasteiger charge is -2.17. The average Bonchev–Trinajstić information content (AvgIpc) is 3.26. The van der Waals surface area contributed by atoms with Crippen LogP contribution in [0.3, 0.4) is 0 Å². The predicted octanol–water partition coefficient (Wildman–Crippen LogP) is 2.30. The maximum atomic E-state index is 13.3. The summed E-state index contributed by atoms with van der Waals surface area (Å²) in [6.07, 6.45) is 1.81. The molecule has 0 atom stereocenters. The van der Waals surface area contributed by atoms with E-state index in [1.54, 1.807) is 4.90 Å². The van der Waals surface area contributed by atoms with Crippen LogP contribution in [0.15, 0.2) is 58.1 Å². The van der Waals surface area contributed by atoms with E-state index in [0.717, 1.165) is 34.1 Å². The van der Waals surface area contributed by atoms with Gasteiger partial charge in [-0.25, -0.2) is 4.79 Å².